The predicted molar refractivity (Wildman–Crippen MR) is 101 cm³/mol. The van der Waals surface area contributed by atoms with Crippen molar-refractivity contribution in [1.82, 2.24) is 4.90 Å². The van der Waals surface area contributed by atoms with Crippen LogP contribution in [0.25, 0.3) is 0 Å². The summed E-state index contributed by atoms with van der Waals surface area (Å²) < 4.78 is 11.7. The van der Waals surface area contributed by atoms with Crippen molar-refractivity contribution in [2.75, 3.05) is 20.2 Å². The number of ether oxygens (including phenoxy) is 2. The molecule has 5 heteroatoms. The van der Waals surface area contributed by atoms with E-state index >= 15 is 0 Å². The molecular weight excluding hydrogens is 330 g/mol. The van der Waals surface area contributed by atoms with E-state index in [4.69, 9.17) is 9.47 Å². The van der Waals surface area contributed by atoms with Crippen molar-refractivity contribution in [3.05, 3.63) is 23.8 Å². The zero-order valence-corrected chi connectivity index (χ0v) is 16.2. The molecule has 2 aliphatic rings. The number of carbonyl (C=O) groups excluding carboxylic acids is 1. The molecule has 0 bridgehead atoms. The van der Waals surface area contributed by atoms with Crippen molar-refractivity contribution in [3.8, 4) is 11.5 Å². The van der Waals surface area contributed by atoms with E-state index in [-0.39, 0.29) is 12.0 Å². The van der Waals surface area contributed by atoms with Crippen molar-refractivity contribution in [2.24, 2.45) is 0 Å². The van der Waals surface area contributed by atoms with Gasteiger partial charge in [-0.1, -0.05) is 26.0 Å². The topological polar surface area (TPSA) is 59.0 Å². The Kier molecular flexibility index (Phi) is 5.76. The van der Waals surface area contributed by atoms with Crippen molar-refractivity contribution in [1.29, 1.82) is 0 Å². The van der Waals surface area contributed by atoms with Gasteiger partial charge in [0.05, 0.1) is 13.2 Å². The number of aliphatic hydroxyl groups excluding tert-OH is 1. The largest absolute Gasteiger partial charge is 0.493 e. The summed E-state index contributed by atoms with van der Waals surface area (Å²) >= 11 is 0. The third kappa shape index (κ3) is 3.18. The SMILES string of the molecule is CCCN(CCC)C(=O)C[C@@]12CCC[C@@H](O)[C@@H]1Oc1c(OC)cccc12. The molecule has 1 aromatic carbocycles. The second-order valence-corrected chi connectivity index (χ2v) is 7.55. The normalized spacial score (nSPS) is 26.6. The summed E-state index contributed by atoms with van der Waals surface area (Å²) in [4.78, 5) is 15.1. The summed E-state index contributed by atoms with van der Waals surface area (Å²) in [5.41, 5.74) is 0.556. The van der Waals surface area contributed by atoms with Crippen LogP contribution in [0.1, 0.15) is 57.9 Å². The molecule has 1 aromatic rings. The highest BCUT2D eigenvalue weighted by molar-refractivity contribution is 5.79. The van der Waals surface area contributed by atoms with Crippen LogP contribution in [-0.2, 0) is 10.2 Å². The summed E-state index contributed by atoms with van der Waals surface area (Å²) in [5, 5.41) is 10.6. The Bertz CT molecular complexity index is 641. The van der Waals surface area contributed by atoms with E-state index in [1.54, 1.807) is 7.11 Å². The maximum Gasteiger partial charge on any atom is 0.223 e. The minimum atomic E-state index is -0.556. The van der Waals surface area contributed by atoms with E-state index in [0.717, 1.165) is 44.3 Å². The number of hydrogen-bond donors (Lipinski definition) is 1. The summed E-state index contributed by atoms with van der Waals surface area (Å²) in [5.74, 6) is 1.54. The van der Waals surface area contributed by atoms with Gasteiger partial charge < -0.3 is 19.5 Å². The Labute approximate surface area is 156 Å². The molecule has 1 N–H and O–H groups in total. The molecule has 0 aromatic heterocycles. The van der Waals surface area contributed by atoms with Gasteiger partial charge in [-0.3, -0.25) is 4.79 Å². The summed E-state index contributed by atoms with van der Waals surface area (Å²) in [7, 11) is 1.62. The Balaban J connectivity index is 1.97. The Morgan fingerprint density at radius 1 is 1.35 bits per heavy atom. The lowest BCUT2D eigenvalue weighted by Crippen LogP contribution is -2.52. The van der Waals surface area contributed by atoms with Gasteiger partial charge in [0, 0.05) is 30.5 Å². The molecule has 144 valence electrons. The number of aliphatic hydroxyl groups is 1. The first-order chi connectivity index (χ1) is 12.6. The summed E-state index contributed by atoms with van der Waals surface area (Å²) in [6, 6.07) is 5.86. The maximum absolute atomic E-state index is 13.2. The molecule has 0 spiro atoms. The fourth-order valence-electron chi connectivity index (χ4n) is 4.65. The molecule has 1 aliphatic heterocycles. The van der Waals surface area contributed by atoms with Crippen molar-refractivity contribution >= 4 is 5.91 Å². The molecule has 1 heterocycles. The molecule has 1 aliphatic carbocycles. The van der Waals surface area contributed by atoms with Gasteiger partial charge >= 0.3 is 0 Å². The third-order valence-electron chi connectivity index (χ3n) is 5.80. The number of hydrogen-bond acceptors (Lipinski definition) is 4. The van der Waals surface area contributed by atoms with Crippen LogP contribution in [0, 0.1) is 0 Å². The number of para-hydroxylation sites is 1. The number of rotatable bonds is 7. The Morgan fingerprint density at radius 3 is 2.73 bits per heavy atom. The van der Waals surface area contributed by atoms with Crippen LogP contribution in [0.4, 0.5) is 0 Å². The van der Waals surface area contributed by atoms with E-state index in [2.05, 4.69) is 13.8 Å². The molecule has 1 fully saturated rings. The van der Waals surface area contributed by atoms with Gasteiger partial charge in [0.15, 0.2) is 11.5 Å². The number of amides is 1. The predicted octanol–water partition coefficient (Wildman–Crippen LogP) is 3.28. The molecule has 3 atom stereocenters. The second kappa shape index (κ2) is 7.87. The van der Waals surface area contributed by atoms with Gasteiger partial charge in [0.1, 0.15) is 6.10 Å². The molecular formula is C21H31NO4. The number of carbonyl (C=O) groups is 1. The first kappa shape index (κ1) is 19.0. The van der Waals surface area contributed by atoms with E-state index in [1.165, 1.54) is 0 Å². The smallest absolute Gasteiger partial charge is 0.223 e. The average Bonchev–Trinajstić information content (AvgIpc) is 2.97. The molecule has 0 unspecified atom stereocenters. The number of methoxy groups -OCH3 is 1. The van der Waals surface area contributed by atoms with E-state index in [0.29, 0.717) is 24.3 Å². The molecule has 1 saturated carbocycles. The van der Waals surface area contributed by atoms with Gasteiger partial charge in [0.2, 0.25) is 5.91 Å². The van der Waals surface area contributed by atoms with E-state index in [1.807, 2.05) is 23.1 Å². The second-order valence-electron chi connectivity index (χ2n) is 7.55. The van der Waals surface area contributed by atoms with Crippen LogP contribution in [0.3, 0.4) is 0 Å². The number of nitrogens with zero attached hydrogens (tertiary/aromatic N) is 1. The number of fused-ring (bicyclic) bond motifs is 3. The van der Waals surface area contributed by atoms with Gasteiger partial charge in [-0.15, -0.1) is 0 Å². The molecule has 1 amide bonds. The fourth-order valence-corrected chi connectivity index (χ4v) is 4.65. The van der Waals surface area contributed by atoms with Crippen molar-refractivity contribution in [2.45, 2.75) is 70.0 Å². The lowest BCUT2D eigenvalue weighted by atomic mass is 9.65. The Morgan fingerprint density at radius 2 is 2.08 bits per heavy atom. The first-order valence-electron chi connectivity index (χ1n) is 9.87. The zero-order chi connectivity index (χ0) is 18.7. The summed E-state index contributed by atoms with van der Waals surface area (Å²) in [6.07, 6.45) is 3.81. The zero-order valence-electron chi connectivity index (χ0n) is 16.2. The maximum atomic E-state index is 13.2. The third-order valence-corrected chi connectivity index (χ3v) is 5.80. The van der Waals surface area contributed by atoms with E-state index < -0.39 is 11.5 Å². The van der Waals surface area contributed by atoms with Crippen LogP contribution < -0.4 is 9.47 Å². The monoisotopic (exact) mass is 361 g/mol. The van der Waals surface area contributed by atoms with Gasteiger partial charge in [-0.05, 0) is 38.2 Å². The minimum absolute atomic E-state index is 0.159. The lowest BCUT2D eigenvalue weighted by Gasteiger charge is -2.41. The molecule has 0 saturated heterocycles. The first-order valence-corrected chi connectivity index (χ1v) is 9.87. The van der Waals surface area contributed by atoms with Gasteiger partial charge in [-0.25, -0.2) is 0 Å². The van der Waals surface area contributed by atoms with Crippen LogP contribution in [0.2, 0.25) is 0 Å². The molecule has 26 heavy (non-hydrogen) atoms. The quantitative estimate of drug-likeness (QED) is 0.810. The van der Waals surface area contributed by atoms with Crippen LogP contribution in [0.5, 0.6) is 11.5 Å². The summed E-state index contributed by atoms with van der Waals surface area (Å²) in [6.45, 7) is 5.75. The molecule has 0 radical (unpaired) electrons. The highest BCUT2D eigenvalue weighted by Crippen LogP contribution is 2.55. The van der Waals surface area contributed by atoms with Crippen molar-refractivity contribution < 1.29 is 19.4 Å². The van der Waals surface area contributed by atoms with Crippen molar-refractivity contribution in [3.63, 3.8) is 0 Å². The highest BCUT2D eigenvalue weighted by Gasteiger charge is 2.55. The van der Waals surface area contributed by atoms with Gasteiger partial charge in [-0.2, -0.15) is 0 Å². The molecule has 3 rings (SSSR count). The van der Waals surface area contributed by atoms with Crippen LogP contribution in [-0.4, -0.2) is 48.3 Å². The lowest BCUT2D eigenvalue weighted by molar-refractivity contribution is -0.135. The van der Waals surface area contributed by atoms with Crippen LogP contribution >= 0.6 is 0 Å². The average molecular weight is 361 g/mol. The number of benzene rings is 1. The Hall–Kier alpha value is -1.75. The molecule has 5 nitrogen and oxygen atoms in total. The van der Waals surface area contributed by atoms with E-state index in [9.17, 15) is 9.90 Å². The van der Waals surface area contributed by atoms with Gasteiger partial charge in [0.25, 0.3) is 0 Å². The fraction of sp³-hybridized carbons (Fsp3) is 0.667. The highest BCUT2D eigenvalue weighted by atomic mass is 16.5. The van der Waals surface area contributed by atoms with Crippen LogP contribution in [0.15, 0.2) is 18.2 Å². The minimum Gasteiger partial charge on any atom is -0.493 e. The standard InChI is InChI=1S/C21H31NO4/c1-4-12-22(13-5-2)18(24)14-21-11-7-9-16(23)20(21)26-19-15(21)8-6-10-17(19)25-3/h6,8,10,16,20,23H,4-5,7,9,11-14H2,1-3H3/t16-,20+,21-/m1/s1.